The van der Waals surface area contributed by atoms with Gasteiger partial charge < -0.3 is 19.7 Å². The van der Waals surface area contributed by atoms with Gasteiger partial charge in [-0.1, -0.05) is 11.6 Å². The molecule has 0 saturated carbocycles. The van der Waals surface area contributed by atoms with Gasteiger partial charge in [0.2, 0.25) is 0 Å². The quantitative estimate of drug-likeness (QED) is 0.903. The summed E-state index contributed by atoms with van der Waals surface area (Å²) in [4.78, 5) is 14.6. The molecule has 1 aromatic rings. The number of carbonyl (C=O) groups is 1. The summed E-state index contributed by atoms with van der Waals surface area (Å²) in [7, 11) is 3.47. The summed E-state index contributed by atoms with van der Waals surface area (Å²) < 4.78 is 10.8. The fourth-order valence-corrected chi connectivity index (χ4v) is 2.97. The van der Waals surface area contributed by atoms with Crippen molar-refractivity contribution < 1.29 is 14.3 Å². The molecule has 1 unspecified atom stereocenters. The zero-order valence-corrected chi connectivity index (χ0v) is 14.1. The minimum absolute atomic E-state index is 0.0248. The van der Waals surface area contributed by atoms with Crippen molar-refractivity contribution >= 4 is 17.5 Å². The smallest absolute Gasteiger partial charge is 0.254 e. The van der Waals surface area contributed by atoms with E-state index in [0.717, 1.165) is 19.4 Å². The maximum absolute atomic E-state index is 12.7. The number of likely N-dealkylation sites (tertiary alicyclic amines) is 1. The Labute approximate surface area is 136 Å². The normalized spacial score (nSPS) is 18.2. The molecule has 122 valence electrons. The Balaban J connectivity index is 2.24. The second-order valence-electron chi connectivity index (χ2n) is 5.30. The Morgan fingerprint density at radius 3 is 2.91 bits per heavy atom. The van der Waals surface area contributed by atoms with Gasteiger partial charge in [0.25, 0.3) is 5.91 Å². The van der Waals surface area contributed by atoms with Gasteiger partial charge in [0.15, 0.2) is 11.5 Å². The fraction of sp³-hybridized carbons (Fsp3) is 0.562. The molecule has 1 amide bonds. The Hall–Kier alpha value is -1.46. The van der Waals surface area contributed by atoms with Gasteiger partial charge in [0.05, 0.1) is 18.7 Å². The molecule has 1 fully saturated rings. The lowest BCUT2D eigenvalue weighted by atomic mass is 10.0. The molecule has 1 heterocycles. The summed E-state index contributed by atoms with van der Waals surface area (Å²) >= 11 is 6.24. The highest BCUT2D eigenvalue weighted by Crippen LogP contribution is 2.36. The zero-order valence-electron chi connectivity index (χ0n) is 13.3. The topological polar surface area (TPSA) is 50.8 Å². The molecular formula is C16H23ClN2O3. The van der Waals surface area contributed by atoms with Crippen molar-refractivity contribution in [3.05, 3.63) is 22.7 Å². The first-order chi connectivity index (χ1) is 10.6. The van der Waals surface area contributed by atoms with Crippen molar-refractivity contribution in [3.63, 3.8) is 0 Å². The van der Waals surface area contributed by atoms with Gasteiger partial charge in [0, 0.05) is 24.7 Å². The van der Waals surface area contributed by atoms with Gasteiger partial charge in [-0.15, -0.1) is 0 Å². The van der Waals surface area contributed by atoms with Crippen LogP contribution >= 0.6 is 11.6 Å². The van der Waals surface area contributed by atoms with Crippen LogP contribution < -0.4 is 14.8 Å². The molecular weight excluding hydrogens is 304 g/mol. The first-order valence-electron chi connectivity index (χ1n) is 7.57. The first kappa shape index (κ1) is 16.9. The number of amides is 1. The van der Waals surface area contributed by atoms with E-state index in [1.807, 2.05) is 18.9 Å². The zero-order chi connectivity index (χ0) is 16.1. The molecule has 1 aromatic carbocycles. The van der Waals surface area contributed by atoms with Crippen LogP contribution in [-0.4, -0.2) is 50.7 Å². The molecule has 0 spiro atoms. The highest BCUT2D eigenvalue weighted by Gasteiger charge is 2.25. The van der Waals surface area contributed by atoms with E-state index in [0.29, 0.717) is 41.3 Å². The molecule has 22 heavy (non-hydrogen) atoms. The molecule has 1 aliphatic rings. The van der Waals surface area contributed by atoms with Crippen LogP contribution in [0.1, 0.15) is 30.1 Å². The number of nitrogens with zero attached hydrogens (tertiary/aromatic N) is 1. The van der Waals surface area contributed by atoms with E-state index in [9.17, 15) is 4.79 Å². The van der Waals surface area contributed by atoms with Gasteiger partial charge in [-0.05, 0) is 38.9 Å². The van der Waals surface area contributed by atoms with E-state index < -0.39 is 0 Å². The van der Waals surface area contributed by atoms with Gasteiger partial charge in [-0.2, -0.15) is 0 Å². The number of rotatable bonds is 5. The van der Waals surface area contributed by atoms with Crippen molar-refractivity contribution in [2.75, 3.05) is 33.9 Å². The summed E-state index contributed by atoms with van der Waals surface area (Å²) in [6.45, 7) is 3.84. The second-order valence-corrected chi connectivity index (χ2v) is 5.71. The molecule has 1 saturated heterocycles. The Kier molecular flexibility index (Phi) is 5.91. The molecule has 6 heteroatoms. The van der Waals surface area contributed by atoms with Crippen molar-refractivity contribution in [2.24, 2.45) is 0 Å². The molecule has 5 nitrogen and oxygen atoms in total. The maximum atomic E-state index is 12.7. The van der Waals surface area contributed by atoms with Crippen LogP contribution in [-0.2, 0) is 0 Å². The molecule has 0 radical (unpaired) electrons. The summed E-state index contributed by atoms with van der Waals surface area (Å²) in [5, 5.41) is 3.63. The summed E-state index contributed by atoms with van der Waals surface area (Å²) in [6, 6.07) is 3.69. The molecule has 0 aliphatic carbocycles. The Bertz CT molecular complexity index is 536. The highest BCUT2D eigenvalue weighted by molar-refractivity contribution is 6.32. The molecule has 0 bridgehead atoms. The lowest BCUT2D eigenvalue weighted by molar-refractivity contribution is 0.0698. The van der Waals surface area contributed by atoms with Crippen molar-refractivity contribution in [3.8, 4) is 11.5 Å². The van der Waals surface area contributed by atoms with E-state index in [-0.39, 0.29) is 5.91 Å². The summed E-state index contributed by atoms with van der Waals surface area (Å²) in [5.74, 6) is 0.943. The average molecular weight is 327 g/mol. The number of halogens is 1. The van der Waals surface area contributed by atoms with Crippen LogP contribution in [0, 0.1) is 0 Å². The number of hydrogen-bond donors (Lipinski definition) is 1. The summed E-state index contributed by atoms with van der Waals surface area (Å²) in [6.07, 6.45) is 2.09. The minimum Gasteiger partial charge on any atom is -0.493 e. The van der Waals surface area contributed by atoms with Crippen LogP contribution in [0.4, 0.5) is 0 Å². The maximum Gasteiger partial charge on any atom is 0.254 e. The highest BCUT2D eigenvalue weighted by atomic mass is 35.5. The number of benzene rings is 1. The second kappa shape index (κ2) is 7.70. The van der Waals surface area contributed by atoms with Crippen LogP contribution in [0.2, 0.25) is 5.02 Å². The van der Waals surface area contributed by atoms with E-state index in [1.54, 1.807) is 19.2 Å². The third kappa shape index (κ3) is 3.65. The number of carbonyl (C=O) groups excluding carboxylic acids is 1. The summed E-state index contributed by atoms with van der Waals surface area (Å²) in [5.41, 5.74) is 0.530. The van der Waals surface area contributed by atoms with Crippen LogP contribution in [0.5, 0.6) is 11.5 Å². The number of piperidine rings is 1. The van der Waals surface area contributed by atoms with Crippen LogP contribution in [0.25, 0.3) is 0 Å². The van der Waals surface area contributed by atoms with Gasteiger partial charge in [-0.25, -0.2) is 0 Å². The van der Waals surface area contributed by atoms with Crippen LogP contribution in [0.3, 0.4) is 0 Å². The third-order valence-electron chi connectivity index (χ3n) is 3.88. The lowest BCUT2D eigenvalue weighted by Crippen LogP contribution is -2.46. The van der Waals surface area contributed by atoms with E-state index in [4.69, 9.17) is 21.1 Å². The average Bonchev–Trinajstić information content (AvgIpc) is 2.55. The first-order valence-corrected chi connectivity index (χ1v) is 7.95. The molecule has 2 rings (SSSR count). The number of nitrogens with one attached hydrogen (secondary N) is 1. The molecule has 1 aliphatic heterocycles. The van der Waals surface area contributed by atoms with Crippen molar-refractivity contribution in [1.82, 2.24) is 10.2 Å². The molecule has 1 atom stereocenters. The molecule has 0 aromatic heterocycles. The van der Waals surface area contributed by atoms with Crippen molar-refractivity contribution in [2.45, 2.75) is 25.8 Å². The van der Waals surface area contributed by atoms with Gasteiger partial charge >= 0.3 is 0 Å². The Morgan fingerprint density at radius 2 is 2.27 bits per heavy atom. The van der Waals surface area contributed by atoms with Gasteiger partial charge in [-0.3, -0.25) is 4.79 Å². The largest absolute Gasteiger partial charge is 0.493 e. The monoisotopic (exact) mass is 326 g/mol. The number of hydrogen-bond acceptors (Lipinski definition) is 4. The molecule has 1 N–H and O–H groups in total. The number of likely N-dealkylation sites (N-methyl/N-ethyl adjacent to an activating group) is 1. The minimum atomic E-state index is -0.0248. The van der Waals surface area contributed by atoms with E-state index in [1.165, 1.54) is 0 Å². The van der Waals surface area contributed by atoms with Crippen molar-refractivity contribution in [1.29, 1.82) is 0 Å². The third-order valence-corrected chi connectivity index (χ3v) is 4.16. The van der Waals surface area contributed by atoms with E-state index in [2.05, 4.69) is 5.32 Å². The SMILES string of the molecule is CCOc1c(Cl)cc(C(=O)N2CCCC(NC)C2)cc1OC. The predicted octanol–water partition coefficient (Wildman–Crippen LogP) is 2.57. The number of ether oxygens (including phenoxy) is 2. The fourth-order valence-electron chi connectivity index (χ4n) is 2.71. The standard InChI is InChI=1S/C16H23ClN2O3/c1-4-22-15-13(17)8-11(9-14(15)21-3)16(20)19-7-5-6-12(10-19)18-2/h8-9,12,18H,4-7,10H2,1-3H3. The predicted molar refractivity (Wildman–Crippen MR) is 87.2 cm³/mol. The van der Waals surface area contributed by atoms with E-state index >= 15 is 0 Å². The Morgan fingerprint density at radius 1 is 1.50 bits per heavy atom. The lowest BCUT2D eigenvalue weighted by Gasteiger charge is -2.32. The van der Waals surface area contributed by atoms with Gasteiger partial charge in [0.1, 0.15) is 0 Å². The van der Waals surface area contributed by atoms with Crippen LogP contribution in [0.15, 0.2) is 12.1 Å². The number of methoxy groups -OCH3 is 1.